The van der Waals surface area contributed by atoms with Gasteiger partial charge >= 0.3 is 0 Å². The third-order valence-electron chi connectivity index (χ3n) is 2.53. The SMILES string of the molecule is CCN(CC(C)C(N)=S)C(=O)c1ccccn1. The first-order valence-corrected chi connectivity index (χ1v) is 5.96. The van der Waals surface area contributed by atoms with Crippen molar-refractivity contribution in [1.82, 2.24) is 9.88 Å². The van der Waals surface area contributed by atoms with Gasteiger partial charge in [0.1, 0.15) is 5.69 Å². The van der Waals surface area contributed by atoms with Crippen LogP contribution in [0.25, 0.3) is 0 Å². The summed E-state index contributed by atoms with van der Waals surface area (Å²) in [5.74, 6) is -0.0752. The highest BCUT2D eigenvalue weighted by molar-refractivity contribution is 7.80. The lowest BCUT2D eigenvalue weighted by Crippen LogP contribution is -2.38. The third kappa shape index (κ3) is 3.78. The van der Waals surface area contributed by atoms with E-state index in [1.54, 1.807) is 29.3 Å². The standard InChI is InChI=1S/C12H17N3OS/c1-3-15(8-9(2)11(13)17)12(16)10-6-4-5-7-14-10/h4-7,9H,3,8H2,1-2H3,(H2,13,17). The van der Waals surface area contributed by atoms with Crippen LogP contribution in [-0.2, 0) is 0 Å². The number of aromatic nitrogens is 1. The molecule has 0 aromatic carbocycles. The highest BCUT2D eigenvalue weighted by Gasteiger charge is 2.18. The maximum absolute atomic E-state index is 12.1. The van der Waals surface area contributed by atoms with Gasteiger partial charge in [0.15, 0.2) is 0 Å². The minimum Gasteiger partial charge on any atom is -0.393 e. The molecule has 17 heavy (non-hydrogen) atoms. The molecular weight excluding hydrogens is 234 g/mol. The zero-order chi connectivity index (χ0) is 12.8. The molecule has 0 radical (unpaired) electrons. The van der Waals surface area contributed by atoms with Gasteiger partial charge in [-0.05, 0) is 19.1 Å². The van der Waals surface area contributed by atoms with Gasteiger partial charge in [-0.1, -0.05) is 25.2 Å². The molecule has 1 unspecified atom stereocenters. The maximum atomic E-state index is 12.1. The summed E-state index contributed by atoms with van der Waals surface area (Å²) in [7, 11) is 0. The second kappa shape index (κ2) is 6.30. The van der Waals surface area contributed by atoms with Crippen LogP contribution in [0.3, 0.4) is 0 Å². The summed E-state index contributed by atoms with van der Waals surface area (Å²) in [5, 5.41) is 0. The van der Waals surface area contributed by atoms with Gasteiger partial charge in [0.05, 0.1) is 4.99 Å². The van der Waals surface area contributed by atoms with Crippen molar-refractivity contribution >= 4 is 23.1 Å². The average molecular weight is 251 g/mol. The van der Waals surface area contributed by atoms with Gasteiger partial charge in [-0.25, -0.2) is 0 Å². The molecule has 0 spiro atoms. The van der Waals surface area contributed by atoms with E-state index in [-0.39, 0.29) is 11.8 Å². The minimum absolute atomic E-state index is 0.0117. The number of carbonyl (C=O) groups is 1. The Morgan fingerprint density at radius 1 is 1.59 bits per heavy atom. The summed E-state index contributed by atoms with van der Waals surface area (Å²) in [5.41, 5.74) is 6.00. The number of nitrogens with two attached hydrogens (primary N) is 1. The summed E-state index contributed by atoms with van der Waals surface area (Å²) in [6.07, 6.45) is 1.61. The fraction of sp³-hybridized carbons (Fsp3) is 0.417. The van der Waals surface area contributed by atoms with Crippen LogP contribution in [-0.4, -0.2) is 33.9 Å². The average Bonchev–Trinajstić information content (AvgIpc) is 2.35. The van der Waals surface area contributed by atoms with Crippen molar-refractivity contribution in [2.24, 2.45) is 11.7 Å². The predicted molar refractivity (Wildman–Crippen MR) is 71.8 cm³/mol. The van der Waals surface area contributed by atoms with Gasteiger partial charge in [-0.3, -0.25) is 9.78 Å². The lowest BCUT2D eigenvalue weighted by molar-refractivity contribution is 0.0749. The van der Waals surface area contributed by atoms with E-state index in [9.17, 15) is 4.79 Å². The third-order valence-corrected chi connectivity index (χ3v) is 2.94. The van der Waals surface area contributed by atoms with E-state index in [1.807, 2.05) is 13.8 Å². The number of amides is 1. The number of rotatable bonds is 5. The van der Waals surface area contributed by atoms with Gasteiger partial charge in [-0.15, -0.1) is 0 Å². The first-order chi connectivity index (χ1) is 8.06. The normalized spacial score (nSPS) is 11.9. The highest BCUT2D eigenvalue weighted by atomic mass is 32.1. The fourth-order valence-corrected chi connectivity index (χ4v) is 1.50. The summed E-state index contributed by atoms with van der Waals surface area (Å²) in [6.45, 7) is 4.98. The quantitative estimate of drug-likeness (QED) is 0.805. The molecule has 1 aromatic rings. The van der Waals surface area contributed by atoms with Crippen LogP contribution >= 0.6 is 12.2 Å². The predicted octanol–water partition coefficient (Wildman–Crippen LogP) is 1.47. The molecule has 0 bridgehead atoms. The number of hydrogen-bond donors (Lipinski definition) is 1. The van der Waals surface area contributed by atoms with Crippen molar-refractivity contribution in [3.63, 3.8) is 0 Å². The van der Waals surface area contributed by atoms with Gasteiger partial charge in [-0.2, -0.15) is 0 Å². The Kier molecular flexibility index (Phi) is 5.03. The molecule has 0 saturated heterocycles. The molecule has 1 amide bonds. The second-order valence-corrected chi connectivity index (χ2v) is 4.33. The zero-order valence-corrected chi connectivity index (χ0v) is 10.9. The molecule has 2 N–H and O–H groups in total. The van der Waals surface area contributed by atoms with E-state index in [4.69, 9.17) is 18.0 Å². The van der Waals surface area contributed by atoms with Crippen LogP contribution in [0.4, 0.5) is 0 Å². The van der Waals surface area contributed by atoms with Crippen LogP contribution in [0.5, 0.6) is 0 Å². The highest BCUT2D eigenvalue weighted by Crippen LogP contribution is 2.05. The van der Waals surface area contributed by atoms with Gasteiger partial charge in [0, 0.05) is 25.2 Å². The molecule has 1 aromatic heterocycles. The van der Waals surface area contributed by atoms with Crippen LogP contribution in [0.2, 0.25) is 0 Å². The number of carbonyl (C=O) groups excluding carboxylic acids is 1. The monoisotopic (exact) mass is 251 g/mol. The van der Waals surface area contributed by atoms with E-state index in [0.717, 1.165) is 0 Å². The molecule has 1 heterocycles. The van der Waals surface area contributed by atoms with Crippen LogP contribution < -0.4 is 5.73 Å². The van der Waals surface area contributed by atoms with Gasteiger partial charge < -0.3 is 10.6 Å². The van der Waals surface area contributed by atoms with Gasteiger partial charge in [0.2, 0.25) is 0 Å². The van der Waals surface area contributed by atoms with Crippen molar-refractivity contribution < 1.29 is 4.79 Å². The molecule has 5 heteroatoms. The van der Waals surface area contributed by atoms with Crippen LogP contribution in [0, 0.1) is 5.92 Å². The lowest BCUT2D eigenvalue weighted by Gasteiger charge is -2.23. The van der Waals surface area contributed by atoms with E-state index in [1.165, 1.54) is 0 Å². The summed E-state index contributed by atoms with van der Waals surface area (Å²) in [4.78, 5) is 18.3. The van der Waals surface area contributed by atoms with E-state index in [0.29, 0.717) is 23.8 Å². The molecule has 0 aliphatic rings. The Morgan fingerprint density at radius 2 is 2.29 bits per heavy atom. The molecule has 92 valence electrons. The van der Waals surface area contributed by atoms with Gasteiger partial charge in [0.25, 0.3) is 5.91 Å². The van der Waals surface area contributed by atoms with Crippen molar-refractivity contribution in [2.75, 3.05) is 13.1 Å². The topological polar surface area (TPSA) is 59.2 Å². The van der Waals surface area contributed by atoms with E-state index < -0.39 is 0 Å². The Hall–Kier alpha value is -1.49. The van der Waals surface area contributed by atoms with Crippen LogP contribution in [0.15, 0.2) is 24.4 Å². The molecule has 4 nitrogen and oxygen atoms in total. The molecule has 0 fully saturated rings. The molecule has 0 aliphatic carbocycles. The van der Waals surface area contributed by atoms with E-state index in [2.05, 4.69) is 4.98 Å². The number of pyridine rings is 1. The van der Waals surface area contributed by atoms with Crippen molar-refractivity contribution in [3.05, 3.63) is 30.1 Å². The Morgan fingerprint density at radius 3 is 2.76 bits per heavy atom. The van der Waals surface area contributed by atoms with E-state index >= 15 is 0 Å². The molecule has 1 atom stereocenters. The Bertz CT molecular complexity index is 394. The zero-order valence-electron chi connectivity index (χ0n) is 10.1. The first kappa shape index (κ1) is 13.6. The largest absolute Gasteiger partial charge is 0.393 e. The minimum atomic E-state index is -0.0869. The van der Waals surface area contributed by atoms with Crippen LogP contribution in [0.1, 0.15) is 24.3 Å². The number of nitrogens with zero attached hydrogens (tertiary/aromatic N) is 2. The number of thiocarbonyl (C=S) groups is 1. The molecule has 0 aliphatic heterocycles. The smallest absolute Gasteiger partial charge is 0.272 e. The maximum Gasteiger partial charge on any atom is 0.272 e. The Labute approximate surface area is 107 Å². The van der Waals surface area contributed by atoms with Crippen molar-refractivity contribution in [2.45, 2.75) is 13.8 Å². The Balaban J connectivity index is 2.75. The summed E-state index contributed by atoms with van der Waals surface area (Å²) in [6, 6.07) is 5.28. The summed E-state index contributed by atoms with van der Waals surface area (Å²) < 4.78 is 0. The second-order valence-electron chi connectivity index (χ2n) is 3.86. The first-order valence-electron chi connectivity index (χ1n) is 5.55. The van der Waals surface area contributed by atoms with Crippen molar-refractivity contribution in [3.8, 4) is 0 Å². The molecule has 1 rings (SSSR count). The molecular formula is C12H17N3OS. The fourth-order valence-electron chi connectivity index (χ4n) is 1.43. The number of hydrogen-bond acceptors (Lipinski definition) is 3. The van der Waals surface area contributed by atoms with Crippen molar-refractivity contribution in [1.29, 1.82) is 0 Å². The summed E-state index contributed by atoms with van der Waals surface area (Å²) >= 11 is 4.91. The molecule has 0 saturated carbocycles. The lowest BCUT2D eigenvalue weighted by atomic mass is 10.1.